The highest BCUT2D eigenvalue weighted by Crippen LogP contribution is 2.51. The predicted molar refractivity (Wildman–Crippen MR) is 265 cm³/mol. The van der Waals surface area contributed by atoms with Gasteiger partial charge in [0.25, 0.3) is 0 Å². The normalized spacial score (nSPS) is 12.7. The maximum absolute atomic E-state index is 7.15. The Morgan fingerprint density at radius 1 is 0.317 bits per heavy atom. The summed E-state index contributed by atoms with van der Waals surface area (Å²) in [5.41, 5.74) is 19.6. The molecular weight excluding hydrogens is 763 g/mol. The average molecular weight is 806 g/mol. The minimum absolute atomic E-state index is 0.119. The molecule has 0 spiro atoms. The SMILES string of the molecule is CC1(C)c2ccccc2-c2ccc(N(c3ccc(-c4ccccc4)cc3)c3ccc(-c4ccc(-c5ccccc5)c5c4oc4c6ccccc6c(-c6ccccc6)cc45)cc3)cc21. The third-order valence-electron chi connectivity index (χ3n) is 13.3. The minimum Gasteiger partial charge on any atom is -0.455 e. The van der Waals surface area contributed by atoms with Crippen LogP contribution in [0.4, 0.5) is 17.1 Å². The van der Waals surface area contributed by atoms with Crippen molar-refractivity contribution in [2.45, 2.75) is 19.3 Å². The fourth-order valence-electron chi connectivity index (χ4n) is 10.1. The molecule has 1 aliphatic rings. The van der Waals surface area contributed by atoms with Gasteiger partial charge in [-0.15, -0.1) is 0 Å². The van der Waals surface area contributed by atoms with E-state index in [1.807, 2.05) is 0 Å². The van der Waals surface area contributed by atoms with Gasteiger partial charge in [0.2, 0.25) is 0 Å². The zero-order chi connectivity index (χ0) is 42.1. The molecule has 0 unspecified atom stereocenters. The van der Waals surface area contributed by atoms with Crippen LogP contribution in [0.25, 0.3) is 88.3 Å². The molecule has 1 aliphatic carbocycles. The highest BCUT2D eigenvalue weighted by Gasteiger charge is 2.35. The van der Waals surface area contributed by atoms with E-state index in [4.69, 9.17) is 4.42 Å². The summed E-state index contributed by atoms with van der Waals surface area (Å²) in [6.07, 6.45) is 0. The van der Waals surface area contributed by atoms with Crippen molar-refractivity contribution in [3.05, 3.63) is 236 Å². The summed E-state index contributed by atoms with van der Waals surface area (Å²) in [6.45, 7) is 4.70. The van der Waals surface area contributed by atoms with E-state index in [1.54, 1.807) is 0 Å². The summed E-state index contributed by atoms with van der Waals surface area (Å²) in [6, 6.07) is 81.4. The molecule has 1 heterocycles. The van der Waals surface area contributed by atoms with Gasteiger partial charge in [-0.2, -0.15) is 0 Å². The Morgan fingerprint density at radius 3 is 1.48 bits per heavy atom. The molecule has 1 aromatic heterocycles. The number of rotatable bonds is 7. The van der Waals surface area contributed by atoms with Crippen LogP contribution in [0.2, 0.25) is 0 Å². The van der Waals surface area contributed by atoms with E-state index in [1.165, 1.54) is 49.9 Å². The number of hydrogen-bond donors (Lipinski definition) is 0. The van der Waals surface area contributed by atoms with Crippen LogP contribution in [-0.2, 0) is 5.41 Å². The van der Waals surface area contributed by atoms with Crippen molar-refractivity contribution in [3.63, 3.8) is 0 Å². The number of anilines is 3. The molecule has 0 amide bonds. The van der Waals surface area contributed by atoms with Crippen LogP contribution in [0.1, 0.15) is 25.0 Å². The van der Waals surface area contributed by atoms with Gasteiger partial charge in [-0.1, -0.05) is 190 Å². The average Bonchev–Trinajstić information content (AvgIpc) is 3.85. The van der Waals surface area contributed by atoms with Crippen LogP contribution in [-0.4, -0.2) is 0 Å². The Morgan fingerprint density at radius 2 is 0.794 bits per heavy atom. The molecule has 0 N–H and O–H groups in total. The van der Waals surface area contributed by atoms with E-state index in [0.717, 1.165) is 66.6 Å². The van der Waals surface area contributed by atoms with Crippen molar-refractivity contribution in [2.75, 3.05) is 4.90 Å². The van der Waals surface area contributed by atoms with Crippen LogP contribution < -0.4 is 4.90 Å². The number of benzene rings is 10. The highest BCUT2D eigenvalue weighted by atomic mass is 16.3. The van der Waals surface area contributed by atoms with Gasteiger partial charge in [0.1, 0.15) is 11.2 Å². The van der Waals surface area contributed by atoms with Crippen molar-refractivity contribution in [1.29, 1.82) is 0 Å². The highest BCUT2D eigenvalue weighted by molar-refractivity contribution is 6.24. The van der Waals surface area contributed by atoms with Crippen LogP contribution >= 0.6 is 0 Å². The molecule has 0 bridgehead atoms. The zero-order valence-corrected chi connectivity index (χ0v) is 35.2. The van der Waals surface area contributed by atoms with Gasteiger partial charge < -0.3 is 9.32 Å². The maximum atomic E-state index is 7.15. The van der Waals surface area contributed by atoms with Crippen LogP contribution in [0, 0.1) is 0 Å². The van der Waals surface area contributed by atoms with E-state index in [2.05, 4.69) is 243 Å². The van der Waals surface area contributed by atoms with Gasteiger partial charge >= 0.3 is 0 Å². The van der Waals surface area contributed by atoms with Gasteiger partial charge in [0, 0.05) is 44.2 Å². The van der Waals surface area contributed by atoms with Gasteiger partial charge in [-0.3, -0.25) is 0 Å². The second kappa shape index (κ2) is 14.6. The van der Waals surface area contributed by atoms with Gasteiger partial charge in [-0.25, -0.2) is 0 Å². The van der Waals surface area contributed by atoms with Gasteiger partial charge in [-0.05, 0) is 115 Å². The Hall–Kier alpha value is -7.94. The molecule has 0 fully saturated rings. The molecule has 2 nitrogen and oxygen atoms in total. The standard InChI is InChI=1S/C61H43NO/c1-61(2)56-25-15-14-23-51(56)52-35-34-47(38-57(52)61)62(45-30-26-41(27-31-45)40-16-6-3-7-17-40)46-32-28-44(29-33-46)49-37-36-48(42-18-8-4-9-19-42)58-55-39-54(43-20-10-5-11-21-43)50-22-12-13-24-53(50)59(55)63-60(49)58/h3-39H,1-2H3. The molecule has 12 rings (SSSR count). The molecule has 11 aromatic rings. The number of nitrogens with zero attached hydrogens (tertiary/aromatic N) is 1. The van der Waals surface area contributed by atoms with Crippen molar-refractivity contribution in [3.8, 4) is 55.6 Å². The van der Waals surface area contributed by atoms with Crippen LogP contribution in [0.3, 0.4) is 0 Å². The minimum atomic E-state index is -0.119. The molecule has 0 aliphatic heterocycles. The lowest BCUT2D eigenvalue weighted by atomic mass is 9.82. The first-order valence-corrected chi connectivity index (χ1v) is 21.8. The largest absolute Gasteiger partial charge is 0.455 e. The molecule has 2 heteroatoms. The summed E-state index contributed by atoms with van der Waals surface area (Å²) in [5, 5.41) is 4.53. The van der Waals surface area contributed by atoms with Gasteiger partial charge in [0.05, 0.1) is 0 Å². The summed E-state index contributed by atoms with van der Waals surface area (Å²) < 4.78 is 7.15. The smallest absolute Gasteiger partial charge is 0.143 e. The summed E-state index contributed by atoms with van der Waals surface area (Å²) >= 11 is 0. The lowest BCUT2D eigenvalue weighted by molar-refractivity contribution is 0.660. The number of fused-ring (bicyclic) bond motifs is 8. The van der Waals surface area contributed by atoms with E-state index in [9.17, 15) is 0 Å². The Bertz CT molecular complexity index is 3490. The Kier molecular flexibility index (Phi) is 8.55. The first-order valence-electron chi connectivity index (χ1n) is 21.8. The molecule has 63 heavy (non-hydrogen) atoms. The molecule has 0 saturated carbocycles. The van der Waals surface area contributed by atoms with Crippen LogP contribution in [0.5, 0.6) is 0 Å². The van der Waals surface area contributed by atoms with Crippen molar-refractivity contribution in [2.24, 2.45) is 0 Å². The monoisotopic (exact) mass is 805 g/mol. The van der Waals surface area contributed by atoms with E-state index < -0.39 is 0 Å². The quantitative estimate of drug-likeness (QED) is 0.160. The third-order valence-corrected chi connectivity index (χ3v) is 13.3. The molecule has 0 saturated heterocycles. The summed E-state index contributed by atoms with van der Waals surface area (Å²) in [7, 11) is 0. The second-order valence-electron chi connectivity index (χ2n) is 17.2. The topological polar surface area (TPSA) is 16.4 Å². The van der Waals surface area contributed by atoms with E-state index in [0.29, 0.717) is 0 Å². The fourth-order valence-corrected chi connectivity index (χ4v) is 10.1. The van der Waals surface area contributed by atoms with Crippen molar-refractivity contribution in [1.82, 2.24) is 0 Å². The maximum Gasteiger partial charge on any atom is 0.143 e. The molecule has 0 radical (unpaired) electrons. The third kappa shape index (κ3) is 6.02. The first kappa shape index (κ1) is 36.9. The summed E-state index contributed by atoms with van der Waals surface area (Å²) in [5.74, 6) is 0. The second-order valence-corrected chi connectivity index (χ2v) is 17.2. The van der Waals surface area contributed by atoms with Crippen molar-refractivity contribution >= 4 is 49.8 Å². The van der Waals surface area contributed by atoms with Crippen molar-refractivity contribution < 1.29 is 4.42 Å². The molecule has 0 atom stereocenters. The predicted octanol–water partition coefficient (Wildman–Crippen LogP) is 17.2. The molecular formula is C61H43NO. The fraction of sp³-hybridized carbons (Fsp3) is 0.0492. The summed E-state index contributed by atoms with van der Waals surface area (Å²) in [4.78, 5) is 2.39. The first-order chi connectivity index (χ1) is 31.0. The number of furan rings is 1. The number of hydrogen-bond acceptors (Lipinski definition) is 2. The zero-order valence-electron chi connectivity index (χ0n) is 35.2. The lowest BCUT2D eigenvalue weighted by Gasteiger charge is -2.28. The molecule has 298 valence electrons. The van der Waals surface area contributed by atoms with Gasteiger partial charge in [0.15, 0.2) is 0 Å². The van der Waals surface area contributed by atoms with E-state index >= 15 is 0 Å². The van der Waals surface area contributed by atoms with Crippen LogP contribution in [0.15, 0.2) is 229 Å². The lowest BCUT2D eigenvalue weighted by Crippen LogP contribution is -2.16. The van der Waals surface area contributed by atoms with E-state index in [-0.39, 0.29) is 5.41 Å². The Balaban J connectivity index is 1.02. The molecule has 10 aromatic carbocycles. The Labute approximate surface area is 368 Å².